The number of carbonyl (C=O) groups excluding carboxylic acids is 1. The van der Waals surface area contributed by atoms with Gasteiger partial charge in [0.25, 0.3) is 0 Å². The summed E-state index contributed by atoms with van der Waals surface area (Å²) >= 11 is 0. The SMILES string of the molecule is CC(C)CCN1CCC[C@@H]1C(=O)OC(C)(C)C. The van der Waals surface area contributed by atoms with Crippen LogP contribution in [0.4, 0.5) is 0 Å². The molecule has 1 aliphatic rings. The fourth-order valence-corrected chi connectivity index (χ4v) is 2.15. The number of hydrogen-bond acceptors (Lipinski definition) is 3. The van der Waals surface area contributed by atoms with Gasteiger partial charge in [0.2, 0.25) is 0 Å². The van der Waals surface area contributed by atoms with Crippen LogP contribution in [0.25, 0.3) is 0 Å². The standard InChI is InChI=1S/C14H27NO2/c1-11(2)8-10-15-9-6-7-12(15)13(16)17-14(3,4)5/h11-12H,6-10H2,1-5H3/t12-/m1/s1. The summed E-state index contributed by atoms with van der Waals surface area (Å²) in [4.78, 5) is 14.3. The predicted molar refractivity (Wildman–Crippen MR) is 69.9 cm³/mol. The van der Waals surface area contributed by atoms with Crippen LogP contribution < -0.4 is 0 Å². The lowest BCUT2D eigenvalue weighted by Crippen LogP contribution is -2.41. The van der Waals surface area contributed by atoms with Crippen LogP contribution in [0.2, 0.25) is 0 Å². The summed E-state index contributed by atoms with van der Waals surface area (Å²) < 4.78 is 5.48. The molecule has 1 aliphatic heterocycles. The number of rotatable bonds is 4. The van der Waals surface area contributed by atoms with E-state index in [4.69, 9.17) is 4.74 Å². The molecule has 1 fully saturated rings. The van der Waals surface area contributed by atoms with E-state index in [1.54, 1.807) is 0 Å². The van der Waals surface area contributed by atoms with E-state index >= 15 is 0 Å². The average Bonchev–Trinajstić information content (AvgIpc) is 2.59. The molecule has 1 heterocycles. The lowest BCUT2D eigenvalue weighted by Gasteiger charge is -2.27. The first-order valence-corrected chi connectivity index (χ1v) is 6.76. The Balaban J connectivity index is 2.48. The Morgan fingerprint density at radius 3 is 2.59 bits per heavy atom. The molecule has 0 N–H and O–H groups in total. The van der Waals surface area contributed by atoms with E-state index in [1.807, 2.05) is 20.8 Å². The van der Waals surface area contributed by atoms with Crippen LogP contribution in [-0.2, 0) is 9.53 Å². The number of carbonyl (C=O) groups is 1. The first kappa shape index (κ1) is 14.5. The largest absolute Gasteiger partial charge is 0.459 e. The summed E-state index contributed by atoms with van der Waals surface area (Å²) in [6, 6.07) is -0.00650. The maximum absolute atomic E-state index is 12.1. The predicted octanol–water partition coefficient (Wildman–Crippen LogP) is 2.84. The van der Waals surface area contributed by atoms with Crippen LogP contribution in [0.5, 0.6) is 0 Å². The molecular weight excluding hydrogens is 214 g/mol. The van der Waals surface area contributed by atoms with Gasteiger partial charge in [-0.3, -0.25) is 9.69 Å². The normalized spacial score (nSPS) is 22.1. The second-order valence-corrected chi connectivity index (χ2v) is 6.41. The van der Waals surface area contributed by atoms with Gasteiger partial charge < -0.3 is 4.74 Å². The molecule has 1 atom stereocenters. The van der Waals surface area contributed by atoms with E-state index in [0.717, 1.165) is 32.4 Å². The van der Waals surface area contributed by atoms with E-state index in [9.17, 15) is 4.79 Å². The summed E-state index contributed by atoms with van der Waals surface area (Å²) in [6.45, 7) is 12.3. The Morgan fingerprint density at radius 2 is 2.06 bits per heavy atom. The highest BCUT2D eigenvalue weighted by Crippen LogP contribution is 2.21. The maximum Gasteiger partial charge on any atom is 0.323 e. The average molecular weight is 241 g/mol. The molecule has 0 bridgehead atoms. The van der Waals surface area contributed by atoms with Crippen molar-refractivity contribution in [3.63, 3.8) is 0 Å². The lowest BCUT2D eigenvalue weighted by molar-refractivity contribution is -0.160. The molecule has 0 aromatic heterocycles. The third-order valence-corrected chi connectivity index (χ3v) is 3.04. The second kappa shape index (κ2) is 5.85. The van der Waals surface area contributed by atoms with E-state index in [-0.39, 0.29) is 17.6 Å². The third-order valence-electron chi connectivity index (χ3n) is 3.04. The maximum atomic E-state index is 12.1. The van der Waals surface area contributed by atoms with Crippen molar-refractivity contribution >= 4 is 5.97 Å². The molecular formula is C14H27NO2. The highest BCUT2D eigenvalue weighted by Gasteiger charge is 2.33. The van der Waals surface area contributed by atoms with Crippen LogP contribution in [0.1, 0.15) is 53.9 Å². The Morgan fingerprint density at radius 1 is 1.41 bits per heavy atom. The highest BCUT2D eigenvalue weighted by atomic mass is 16.6. The molecule has 0 spiro atoms. The van der Waals surface area contributed by atoms with Crippen molar-refractivity contribution in [2.45, 2.75) is 65.5 Å². The fourth-order valence-electron chi connectivity index (χ4n) is 2.15. The number of hydrogen-bond donors (Lipinski definition) is 0. The molecule has 3 nitrogen and oxygen atoms in total. The molecule has 0 unspecified atom stereocenters. The summed E-state index contributed by atoms with van der Waals surface area (Å²) in [5, 5.41) is 0. The van der Waals surface area contributed by atoms with E-state index in [1.165, 1.54) is 0 Å². The van der Waals surface area contributed by atoms with Crippen LogP contribution in [0.3, 0.4) is 0 Å². The Hall–Kier alpha value is -0.570. The molecule has 1 saturated heterocycles. The van der Waals surface area contributed by atoms with Gasteiger partial charge in [-0.2, -0.15) is 0 Å². The van der Waals surface area contributed by atoms with Crippen molar-refractivity contribution in [1.29, 1.82) is 0 Å². The molecule has 0 aromatic rings. The molecule has 1 rings (SSSR count). The van der Waals surface area contributed by atoms with Gasteiger partial charge in [-0.25, -0.2) is 0 Å². The van der Waals surface area contributed by atoms with Gasteiger partial charge in [0.1, 0.15) is 11.6 Å². The summed E-state index contributed by atoms with van der Waals surface area (Å²) in [6.07, 6.45) is 3.22. The van der Waals surface area contributed by atoms with E-state index in [0.29, 0.717) is 5.92 Å². The number of nitrogens with zero attached hydrogens (tertiary/aromatic N) is 1. The van der Waals surface area contributed by atoms with Crippen LogP contribution >= 0.6 is 0 Å². The second-order valence-electron chi connectivity index (χ2n) is 6.41. The van der Waals surface area contributed by atoms with Gasteiger partial charge in [-0.15, -0.1) is 0 Å². The molecule has 0 aromatic carbocycles. The zero-order valence-electron chi connectivity index (χ0n) is 12.0. The van der Waals surface area contributed by atoms with Crippen LogP contribution in [0.15, 0.2) is 0 Å². The summed E-state index contributed by atoms with van der Waals surface area (Å²) in [5.74, 6) is 0.647. The fraction of sp³-hybridized carbons (Fsp3) is 0.929. The van der Waals surface area contributed by atoms with Gasteiger partial charge in [-0.1, -0.05) is 13.8 Å². The van der Waals surface area contributed by atoms with Crippen LogP contribution in [-0.4, -0.2) is 35.6 Å². The minimum absolute atomic E-state index is 0.00650. The molecule has 3 heteroatoms. The van der Waals surface area contributed by atoms with Crippen molar-refractivity contribution in [2.24, 2.45) is 5.92 Å². The highest BCUT2D eigenvalue weighted by molar-refractivity contribution is 5.76. The Bertz CT molecular complexity index is 255. The van der Waals surface area contributed by atoms with Gasteiger partial charge >= 0.3 is 5.97 Å². The molecule has 0 aliphatic carbocycles. The molecule has 0 radical (unpaired) electrons. The van der Waals surface area contributed by atoms with Crippen molar-refractivity contribution in [1.82, 2.24) is 4.90 Å². The molecule has 17 heavy (non-hydrogen) atoms. The van der Waals surface area contributed by atoms with Crippen molar-refractivity contribution < 1.29 is 9.53 Å². The van der Waals surface area contributed by atoms with E-state index in [2.05, 4.69) is 18.7 Å². The number of ether oxygens (including phenoxy) is 1. The van der Waals surface area contributed by atoms with Crippen molar-refractivity contribution in [3.8, 4) is 0 Å². The third kappa shape index (κ3) is 5.07. The smallest absolute Gasteiger partial charge is 0.323 e. The lowest BCUT2D eigenvalue weighted by atomic mass is 10.1. The van der Waals surface area contributed by atoms with Crippen molar-refractivity contribution in [3.05, 3.63) is 0 Å². The number of esters is 1. The summed E-state index contributed by atoms with van der Waals surface area (Å²) in [7, 11) is 0. The topological polar surface area (TPSA) is 29.5 Å². The quantitative estimate of drug-likeness (QED) is 0.709. The van der Waals surface area contributed by atoms with Gasteiger partial charge in [0.15, 0.2) is 0 Å². The molecule has 0 saturated carbocycles. The Labute approximate surface area is 106 Å². The monoisotopic (exact) mass is 241 g/mol. The van der Waals surface area contributed by atoms with Gasteiger partial charge in [0.05, 0.1) is 0 Å². The summed E-state index contributed by atoms with van der Waals surface area (Å²) in [5.41, 5.74) is -0.372. The first-order valence-electron chi connectivity index (χ1n) is 6.76. The first-order chi connectivity index (χ1) is 7.79. The minimum Gasteiger partial charge on any atom is -0.459 e. The van der Waals surface area contributed by atoms with Crippen molar-refractivity contribution in [2.75, 3.05) is 13.1 Å². The molecule has 0 amide bonds. The molecule has 100 valence electrons. The Kier molecular flexibility index (Phi) is 4.99. The zero-order valence-corrected chi connectivity index (χ0v) is 12.0. The number of likely N-dealkylation sites (tertiary alicyclic amines) is 1. The van der Waals surface area contributed by atoms with Gasteiger partial charge in [-0.05, 0) is 59.0 Å². The van der Waals surface area contributed by atoms with E-state index < -0.39 is 0 Å². The van der Waals surface area contributed by atoms with Gasteiger partial charge in [0, 0.05) is 0 Å². The van der Waals surface area contributed by atoms with Crippen LogP contribution in [0, 0.1) is 5.92 Å². The zero-order chi connectivity index (χ0) is 13.1. The minimum atomic E-state index is -0.372.